The van der Waals surface area contributed by atoms with E-state index in [1.807, 2.05) is 13.8 Å². The SMILES string of the molecule is COC(=O)C(C)(C)CNC1CNC(=O)C1. The zero-order valence-corrected chi connectivity index (χ0v) is 9.42. The average Bonchev–Trinajstić information content (AvgIpc) is 2.60. The van der Waals surface area contributed by atoms with Crippen molar-refractivity contribution in [1.82, 2.24) is 10.6 Å². The molecule has 1 fully saturated rings. The fraction of sp³-hybridized carbons (Fsp3) is 0.800. The Morgan fingerprint density at radius 2 is 2.33 bits per heavy atom. The second-order valence-electron chi connectivity index (χ2n) is 4.46. The second-order valence-corrected chi connectivity index (χ2v) is 4.46. The summed E-state index contributed by atoms with van der Waals surface area (Å²) in [4.78, 5) is 22.3. The number of nitrogens with one attached hydrogen (secondary N) is 2. The minimum absolute atomic E-state index is 0.0587. The van der Waals surface area contributed by atoms with Crippen LogP contribution in [-0.4, -0.2) is 38.1 Å². The number of carbonyl (C=O) groups excluding carboxylic acids is 2. The van der Waals surface area contributed by atoms with E-state index < -0.39 is 5.41 Å². The first-order valence-electron chi connectivity index (χ1n) is 5.04. The number of carbonyl (C=O) groups is 2. The van der Waals surface area contributed by atoms with E-state index in [4.69, 9.17) is 0 Å². The molecule has 0 radical (unpaired) electrons. The lowest BCUT2D eigenvalue weighted by Crippen LogP contribution is -2.42. The van der Waals surface area contributed by atoms with Crippen molar-refractivity contribution in [3.05, 3.63) is 0 Å². The number of hydrogen-bond donors (Lipinski definition) is 2. The van der Waals surface area contributed by atoms with Gasteiger partial charge in [-0.3, -0.25) is 9.59 Å². The van der Waals surface area contributed by atoms with Crippen LogP contribution in [0.3, 0.4) is 0 Å². The summed E-state index contributed by atoms with van der Waals surface area (Å²) in [6.45, 7) is 4.78. The monoisotopic (exact) mass is 214 g/mol. The second kappa shape index (κ2) is 4.61. The van der Waals surface area contributed by atoms with Gasteiger partial charge in [0.15, 0.2) is 0 Å². The van der Waals surface area contributed by atoms with Crippen LogP contribution < -0.4 is 10.6 Å². The quantitative estimate of drug-likeness (QED) is 0.628. The summed E-state index contributed by atoms with van der Waals surface area (Å²) in [6.07, 6.45) is 0.483. The number of esters is 1. The van der Waals surface area contributed by atoms with Crippen LogP contribution >= 0.6 is 0 Å². The van der Waals surface area contributed by atoms with E-state index in [9.17, 15) is 9.59 Å². The number of ether oxygens (including phenoxy) is 1. The molecule has 0 aromatic rings. The Balaban J connectivity index is 2.36. The van der Waals surface area contributed by atoms with Crippen molar-refractivity contribution in [2.45, 2.75) is 26.3 Å². The first-order chi connectivity index (χ1) is 6.95. The summed E-state index contributed by atoms with van der Waals surface area (Å²) >= 11 is 0. The van der Waals surface area contributed by atoms with Gasteiger partial charge in [0.05, 0.1) is 12.5 Å². The largest absolute Gasteiger partial charge is 0.469 e. The smallest absolute Gasteiger partial charge is 0.312 e. The topological polar surface area (TPSA) is 67.4 Å². The maximum atomic E-state index is 11.4. The van der Waals surface area contributed by atoms with Gasteiger partial charge < -0.3 is 15.4 Å². The standard InChI is InChI=1S/C10H18N2O3/c1-10(2,9(14)15-3)6-12-7-4-8(13)11-5-7/h7,12H,4-6H2,1-3H3,(H,11,13). The third-order valence-electron chi connectivity index (χ3n) is 2.55. The van der Waals surface area contributed by atoms with Crippen LogP contribution in [0.25, 0.3) is 0 Å². The van der Waals surface area contributed by atoms with Gasteiger partial charge >= 0.3 is 5.97 Å². The van der Waals surface area contributed by atoms with Crippen LogP contribution in [0.15, 0.2) is 0 Å². The summed E-state index contributed by atoms with van der Waals surface area (Å²) in [5, 5.41) is 5.91. The third-order valence-corrected chi connectivity index (χ3v) is 2.55. The van der Waals surface area contributed by atoms with Gasteiger partial charge in [-0.05, 0) is 13.8 Å². The molecule has 5 nitrogen and oxygen atoms in total. The van der Waals surface area contributed by atoms with Crippen molar-refractivity contribution in [1.29, 1.82) is 0 Å². The molecule has 0 aromatic heterocycles. The van der Waals surface area contributed by atoms with Crippen molar-refractivity contribution < 1.29 is 14.3 Å². The van der Waals surface area contributed by atoms with Crippen LogP contribution in [0.4, 0.5) is 0 Å². The lowest BCUT2D eigenvalue weighted by molar-refractivity contribution is -0.150. The molecule has 86 valence electrons. The lowest BCUT2D eigenvalue weighted by atomic mass is 9.93. The molecule has 1 aliphatic rings. The average molecular weight is 214 g/mol. The van der Waals surface area contributed by atoms with Crippen LogP contribution in [0.5, 0.6) is 0 Å². The minimum Gasteiger partial charge on any atom is -0.469 e. The van der Waals surface area contributed by atoms with E-state index in [0.29, 0.717) is 19.5 Å². The zero-order valence-electron chi connectivity index (χ0n) is 9.42. The van der Waals surface area contributed by atoms with Crippen LogP contribution in [-0.2, 0) is 14.3 Å². The Hall–Kier alpha value is -1.10. The molecular weight excluding hydrogens is 196 g/mol. The van der Waals surface area contributed by atoms with Crippen LogP contribution in [0.2, 0.25) is 0 Å². The Kier molecular flexibility index (Phi) is 3.68. The third kappa shape index (κ3) is 3.20. The Morgan fingerprint density at radius 3 is 2.80 bits per heavy atom. The van der Waals surface area contributed by atoms with Gasteiger partial charge in [-0.15, -0.1) is 0 Å². The van der Waals surface area contributed by atoms with E-state index >= 15 is 0 Å². The number of methoxy groups -OCH3 is 1. The van der Waals surface area contributed by atoms with E-state index in [-0.39, 0.29) is 17.9 Å². The minimum atomic E-state index is -0.555. The molecule has 1 atom stereocenters. The van der Waals surface area contributed by atoms with E-state index in [2.05, 4.69) is 15.4 Å². The first-order valence-corrected chi connectivity index (χ1v) is 5.04. The van der Waals surface area contributed by atoms with Crippen molar-refractivity contribution in [3.8, 4) is 0 Å². The predicted molar refractivity (Wildman–Crippen MR) is 55.2 cm³/mol. The molecule has 5 heteroatoms. The highest BCUT2D eigenvalue weighted by molar-refractivity contribution is 5.79. The summed E-state index contributed by atoms with van der Waals surface area (Å²) in [5.41, 5.74) is -0.555. The highest BCUT2D eigenvalue weighted by atomic mass is 16.5. The van der Waals surface area contributed by atoms with Crippen molar-refractivity contribution in [3.63, 3.8) is 0 Å². The van der Waals surface area contributed by atoms with Gasteiger partial charge in [0.2, 0.25) is 5.91 Å². The number of rotatable bonds is 4. The molecular formula is C10H18N2O3. The highest BCUT2D eigenvalue weighted by Crippen LogP contribution is 2.16. The van der Waals surface area contributed by atoms with E-state index in [0.717, 1.165) is 0 Å². The maximum absolute atomic E-state index is 11.4. The van der Waals surface area contributed by atoms with Gasteiger partial charge in [-0.25, -0.2) is 0 Å². The predicted octanol–water partition coefficient (Wildman–Crippen LogP) is -0.336. The fourth-order valence-electron chi connectivity index (χ4n) is 1.50. The molecule has 0 aliphatic carbocycles. The number of amides is 1. The van der Waals surface area contributed by atoms with Crippen LogP contribution in [0, 0.1) is 5.41 Å². The molecule has 2 N–H and O–H groups in total. The van der Waals surface area contributed by atoms with Gasteiger partial charge in [0.1, 0.15) is 0 Å². The van der Waals surface area contributed by atoms with Crippen molar-refractivity contribution in [2.75, 3.05) is 20.2 Å². The summed E-state index contributed by atoms with van der Waals surface area (Å²) in [6, 6.07) is 0.126. The van der Waals surface area contributed by atoms with Crippen molar-refractivity contribution in [2.24, 2.45) is 5.41 Å². The highest BCUT2D eigenvalue weighted by Gasteiger charge is 2.30. The first kappa shape index (κ1) is 12.0. The Bertz CT molecular complexity index is 263. The molecule has 0 aromatic carbocycles. The Morgan fingerprint density at radius 1 is 1.67 bits per heavy atom. The fourth-order valence-corrected chi connectivity index (χ4v) is 1.50. The molecule has 1 rings (SSSR count). The normalized spacial score (nSPS) is 21.3. The molecule has 1 heterocycles. The molecule has 1 amide bonds. The molecule has 1 aliphatic heterocycles. The molecule has 1 saturated heterocycles. The van der Waals surface area contributed by atoms with Gasteiger partial charge in [0, 0.05) is 25.6 Å². The molecule has 0 saturated carbocycles. The maximum Gasteiger partial charge on any atom is 0.312 e. The molecule has 0 spiro atoms. The van der Waals surface area contributed by atoms with Gasteiger partial charge in [-0.2, -0.15) is 0 Å². The summed E-state index contributed by atoms with van der Waals surface area (Å²) in [5.74, 6) is -0.185. The van der Waals surface area contributed by atoms with E-state index in [1.165, 1.54) is 7.11 Å². The molecule has 1 unspecified atom stereocenters. The Labute approximate surface area is 89.6 Å². The van der Waals surface area contributed by atoms with Gasteiger partial charge in [-0.1, -0.05) is 0 Å². The van der Waals surface area contributed by atoms with Gasteiger partial charge in [0.25, 0.3) is 0 Å². The van der Waals surface area contributed by atoms with Crippen molar-refractivity contribution >= 4 is 11.9 Å². The summed E-state index contributed by atoms with van der Waals surface area (Å²) < 4.78 is 4.69. The lowest BCUT2D eigenvalue weighted by Gasteiger charge is -2.23. The number of hydrogen-bond acceptors (Lipinski definition) is 4. The zero-order chi connectivity index (χ0) is 11.5. The molecule has 15 heavy (non-hydrogen) atoms. The molecule has 0 bridgehead atoms. The summed E-state index contributed by atoms with van der Waals surface area (Å²) in [7, 11) is 1.38. The van der Waals surface area contributed by atoms with Crippen LogP contribution in [0.1, 0.15) is 20.3 Å². The van der Waals surface area contributed by atoms with E-state index in [1.54, 1.807) is 0 Å².